The zero-order valence-electron chi connectivity index (χ0n) is 9.08. The molecular formula is C11H18N2O. The van der Waals surface area contributed by atoms with Crippen molar-refractivity contribution in [3.05, 3.63) is 23.4 Å². The van der Waals surface area contributed by atoms with Gasteiger partial charge in [0.2, 0.25) is 0 Å². The molecule has 0 amide bonds. The lowest BCUT2D eigenvalue weighted by Gasteiger charge is -2.11. The maximum Gasteiger partial charge on any atom is 0.170 e. The third-order valence-corrected chi connectivity index (χ3v) is 2.16. The monoisotopic (exact) mass is 194 g/mol. The molecule has 1 aliphatic rings. The third-order valence-electron chi connectivity index (χ3n) is 2.16. The van der Waals surface area contributed by atoms with Gasteiger partial charge in [-0.2, -0.15) is 0 Å². The molecule has 1 aliphatic heterocycles. The molecule has 0 bridgehead atoms. The normalized spacial score (nSPS) is 22.4. The van der Waals surface area contributed by atoms with E-state index >= 15 is 0 Å². The Labute approximate surface area is 85.6 Å². The van der Waals surface area contributed by atoms with E-state index in [1.807, 2.05) is 6.92 Å². The average Bonchev–Trinajstić information content (AvgIpc) is 2.22. The number of likely N-dealkylation sites (N-methyl/N-ethyl adjacent to an activating group) is 1. The van der Waals surface area contributed by atoms with Crippen LogP contribution >= 0.6 is 0 Å². The fourth-order valence-electron chi connectivity index (χ4n) is 1.18. The molecule has 0 saturated carbocycles. The van der Waals surface area contributed by atoms with Gasteiger partial charge in [0.05, 0.1) is 6.54 Å². The molecule has 1 heterocycles. The Morgan fingerprint density at radius 2 is 2.43 bits per heavy atom. The Kier molecular flexibility index (Phi) is 4.23. The fourth-order valence-corrected chi connectivity index (χ4v) is 1.18. The zero-order chi connectivity index (χ0) is 10.4. The van der Waals surface area contributed by atoms with Gasteiger partial charge in [-0.05, 0) is 38.5 Å². The van der Waals surface area contributed by atoms with Crippen LogP contribution in [0.3, 0.4) is 0 Å². The van der Waals surface area contributed by atoms with Crippen LogP contribution in [0.25, 0.3) is 0 Å². The standard InChI is InChI=1S/C11H18N2O/c1-4-13-11-5-6-12-8-14-10(3)9(2)7-11/h5,7-8,10,13H,4,6H2,1-3H3. The molecule has 3 heteroatoms. The topological polar surface area (TPSA) is 33.6 Å². The number of hydrogen-bond acceptors (Lipinski definition) is 3. The largest absolute Gasteiger partial charge is 0.476 e. The molecule has 0 aromatic carbocycles. The Morgan fingerprint density at radius 3 is 3.14 bits per heavy atom. The predicted octanol–water partition coefficient (Wildman–Crippen LogP) is 1.87. The predicted molar refractivity (Wildman–Crippen MR) is 59.4 cm³/mol. The highest BCUT2D eigenvalue weighted by Gasteiger charge is 2.05. The Bertz CT molecular complexity index is 266. The molecule has 0 aromatic rings. The quantitative estimate of drug-likeness (QED) is 0.728. The highest BCUT2D eigenvalue weighted by atomic mass is 16.5. The maximum absolute atomic E-state index is 5.38. The van der Waals surface area contributed by atoms with Gasteiger partial charge < -0.3 is 10.1 Å². The smallest absolute Gasteiger partial charge is 0.170 e. The summed E-state index contributed by atoms with van der Waals surface area (Å²) in [6, 6.07) is 0. The molecule has 1 unspecified atom stereocenters. The maximum atomic E-state index is 5.38. The lowest BCUT2D eigenvalue weighted by atomic mass is 10.1. The van der Waals surface area contributed by atoms with Crippen molar-refractivity contribution < 1.29 is 4.74 Å². The van der Waals surface area contributed by atoms with Crippen LogP contribution in [0.15, 0.2) is 28.4 Å². The van der Waals surface area contributed by atoms with Crippen molar-refractivity contribution in [3.63, 3.8) is 0 Å². The summed E-state index contributed by atoms with van der Waals surface area (Å²) in [5, 5.41) is 3.29. The highest BCUT2D eigenvalue weighted by molar-refractivity contribution is 5.48. The van der Waals surface area contributed by atoms with Crippen LogP contribution in [0.4, 0.5) is 0 Å². The molecule has 78 valence electrons. The Hall–Kier alpha value is -1.25. The molecule has 1 atom stereocenters. The molecule has 0 aromatic heterocycles. The molecule has 0 spiro atoms. The zero-order valence-corrected chi connectivity index (χ0v) is 9.08. The molecule has 0 saturated heterocycles. The number of hydrogen-bond donors (Lipinski definition) is 1. The number of nitrogens with one attached hydrogen (secondary N) is 1. The highest BCUT2D eigenvalue weighted by Crippen LogP contribution is 2.08. The molecule has 0 radical (unpaired) electrons. The van der Waals surface area contributed by atoms with Crippen LogP contribution < -0.4 is 5.32 Å². The summed E-state index contributed by atoms with van der Waals surface area (Å²) in [5.74, 6) is 0. The molecule has 3 nitrogen and oxygen atoms in total. The lowest BCUT2D eigenvalue weighted by molar-refractivity contribution is 0.256. The summed E-state index contributed by atoms with van der Waals surface area (Å²) >= 11 is 0. The minimum atomic E-state index is 0.0962. The van der Waals surface area contributed by atoms with Crippen molar-refractivity contribution in [2.24, 2.45) is 4.99 Å². The van der Waals surface area contributed by atoms with Gasteiger partial charge in [-0.15, -0.1) is 0 Å². The van der Waals surface area contributed by atoms with Gasteiger partial charge in [0, 0.05) is 12.2 Å². The van der Waals surface area contributed by atoms with E-state index in [9.17, 15) is 0 Å². The second-order valence-corrected chi connectivity index (χ2v) is 3.33. The van der Waals surface area contributed by atoms with Gasteiger partial charge in [0.25, 0.3) is 0 Å². The number of allylic oxidation sites excluding steroid dienone is 1. The van der Waals surface area contributed by atoms with Crippen LogP contribution in [0, 0.1) is 0 Å². The summed E-state index contributed by atoms with van der Waals surface area (Å²) in [6.45, 7) is 7.76. The molecule has 1 rings (SSSR count). The van der Waals surface area contributed by atoms with Crippen LogP contribution in [-0.4, -0.2) is 25.6 Å². The lowest BCUT2D eigenvalue weighted by Crippen LogP contribution is -2.13. The van der Waals surface area contributed by atoms with Gasteiger partial charge >= 0.3 is 0 Å². The van der Waals surface area contributed by atoms with E-state index in [2.05, 4.69) is 36.3 Å². The summed E-state index contributed by atoms with van der Waals surface area (Å²) < 4.78 is 5.38. The van der Waals surface area contributed by atoms with Crippen molar-refractivity contribution in [3.8, 4) is 0 Å². The van der Waals surface area contributed by atoms with Crippen molar-refractivity contribution in [2.45, 2.75) is 26.9 Å². The van der Waals surface area contributed by atoms with Crippen LogP contribution in [0.2, 0.25) is 0 Å². The van der Waals surface area contributed by atoms with E-state index in [0.29, 0.717) is 6.54 Å². The van der Waals surface area contributed by atoms with Gasteiger partial charge in [0.15, 0.2) is 6.40 Å². The van der Waals surface area contributed by atoms with E-state index < -0.39 is 0 Å². The van der Waals surface area contributed by atoms with Gasteiger partial charge in [-0.3, -0.25) is 4.99 Å². The van der Waals surface area contributed by atoms with Crippen molar-refractivity contribution in [1.82, 2.24) is 5.32 Å². The number of rotatable bonds is 2. The summed E-state index contributed by atoms with van der Waals surface area (Å²) in [7, 11) is 0. The number of nitrogens with zero attached hydrogens (tertiary/aromatic N) is 1. The second-order valence-electron chi connectivity index (χ2n) is 3.33. The molecule has 14 heavy (non-hydrogen) atoms. The summed E-state index contributed by atoms with van der Waals surface area (Å²) in [6.07, 6.45) is 5.81. The Balaban J connectivity index is 2.80. The van der Waals surface area contributed by atoms with Crippen LogP contribution in [-0.2, 0) is 4.74 Å². The van der Waals surface area contributed by atoms with E-state index in [4.69, 9.17) is 4.74 Å². The first-order valence-electron chi connectivity index (χ1n) is 5.00. The number of ether oxygens (including phenoxy) is 1. The third kappa shape index (κ3) is 3.24. The van der Waals surface area contributed by atoms with Crippen LogP contribution in [0.5, 0.6) is 0 Å². The van der Waals surface area contributed by atoms with Gasteiger partial charge in [-0.1, -0.05) is 0 Å². The van der Waals surface area contributed by atoms with E-state index in [0.717, 1.165) is 12.2 Å². The van der Waals surface area contributed by atoms with Crippen molar-refractivity contribution in [1.29, 1.82) is 0 Å². The molecule has 0 fully saturated rings. The summed E-state index contributed by atoms with van der Waals surface area (Å²) in [4.78, 5) is 4.11. The number of aliphatic imine (C=N–C) groups is 1. The minimum absolute atomic E-state index is 0.0962. The molecular weight excluding hydrogens is 176 g/mol. The van der Waals surface area contributed by atoms with E-state index in [1.54, 1.807) is 0 Å². The fraction of sp³-hybridized carbons (Fsp3) is 0.545. The minimum Gasteiger partial charge on any atom is -0.476 e. The van der Waals surface area contributed by atoms with Crippen molar-refractivity contribution >= 4 is 6.40 Å². The van der Waals surface area contributed by atoms with Gasteiger partial charge in [0.1, 0.15) is 6.10 Å². The first kappa shape index (κ1) is 10.8. The van der Waals surface area contributed by atoms with Crippen LogP contribution in [0.1, 0.15) is 20.8 Å². The summed E-state index contributed by atoms with van der Waals surface area (Å²) in [5.41, 5.74) is 2.32. The molecule has 1 N–H and O–H groups in total. The SMILES string of the molecule is CCNC1=CCN=COC(C)C(C)=C1. The van der Waals surface area contributed by atoms with Gasteiger partial charge in [-0.25, -0.2) is 0 Å². The van der Waals surface area contributed by atoms with E-state index in [1.165, 1.54) is 12.0 Å². The van der Waals surface area contributed by atoms with E-state index in [-0.39, 0.29) is 6.10 Å². The average molecular weight is 194 g/mol. The first-order valence-corrected chi connectivity index (χ1v) is 5.00. The second kappa shape index (κ2) is 5.47. The van der Waals surface area contributed by atoms with Crippen molar-refractivity contribution in [2.75, 3.05) is 13.1 Å². The molecule has 0 aliphatic carbocycles. The first-order chi connectivity index (χ1) is 6.74. The Morgan fingerprint density at radius 1 is 1.64 bits per heavy atom.